The van der Waals surface area contributed by atoms with Crippen LogP contribution < -0.4 is 0 Å². The van der Waals surface area contributed by atoms with Crippen LogP contribution in [0.25, 0.3) is 0 Å². The lowest BCUT2D eigenvalue weighted by atomic mass is 10.2. The van der Waals surface area contributed by atoms with Crippen LogP contribution in [0.4, 0.5) is 0 Å². The lowest BCUT2D eigenvalue weighted by Gasteiger charge is -1.88. The van der Waals surface area contributed by atoms with Gasteiger partial charge in [-0.15, -0.1) is 0 Å². The molecule has 1 heteroatoms. The maximum atomic E-state index is 9.94. The van der Waals surface area contributed by atoms with Crippen LogP contribution in [0, 0.1) is 5.92 Å². The summed E-state index contributed by atoms with van der Waals surface area (Å²) in [5, 5.41) is 0. The van der Waals surface area contributed by atoms with E-state index in [1.54, 1.807) is 12.2 Å². The van der Waals surface area contributed by atoms with Crippen molar-refractivity contribution in [1.29, 1.82) is 0 Å². The van der Waals surface area contributed by atoms with Crippen molar-refractivity contribution in [2.24, 2.45) is 5.92 Å². The van der Waals surface area contributed by atoms with Gasteiger partial charge in [-0.25, -0.2) is 0 Å². The molecule has 90 valence electrons. The van der Waals surface area contributed by atoms with Crippen molar-refractivity contribution < 1.29 is 4.79 Å². The third kappa shape index (κ3) is 14.1. The van der Waals surface area contributed by atoms with Gasteiger partial charge in [-0.2, -0.15) is 0 Å². The Morgan fingerprint density at radius 1 is 0.588 bits per heavy atom. The second-order valence-electron chi connectivity index (χ2n) is 3.69. The first-order valence-corrected chi connectivity index (χ1v) is 5.72. The fourth-order valence-corrected chi connectivity index (χ4v) is 0.909. The highest BCUT2D eigenvalue weighted by molar-refractivity contribution is 5.65. The Morgan fingerprint density at radius 2 is 0.941 bits per heavy atom. The molecule has 0 spiro atoms. The Labute approximate surface area is 104 Å². The summed E-state index contributed by atoms with van der Waals surface area (Å²) in [6.07, 6.45) is 23.5. The summed E-state index contributed by atoms with van der Waals surface area (Å²) in [5.74, 6) is 0.591. The minimum absolute atomic E-state index is 0.591. The first-order valence-electron chi connectivity index (χ1n) is 5.72. The Kier molecular flexibility index (Phi) is 10.8. The molecule has 0 aromatic heterocycles. The lowest BCUT2D eigenvalue weighted by molar-refractivity contribution is -0.104. The standard InChI is InChI=1S/C16H20O/c1-16(2)14-12-10-8-6-4-3-5-7-9-11-13-15-17/h3-16H,1-2H3/b5-3+,6-4+,9-7+,10-8+,13-11+,14-12+. The highest BCUT2D eigenvalue weighted by Gasteiger charge is 1.78. The highest BCUT2D eigenvalue weighted by Crippen LogP contribution is 1.93. The molecule has 0 heterocycles. The van der Waals surface area contributed by atoms with Crippen LogP contribution in [0.15, 0.2) is 72.9 Å². The van der Waals surface area contributed by atoms with Gasteiger partial charge in [0.25, 0.3) is 0 Å². The minimum Gasteiger partial charge on any atom is -0.299 e. The third-order valence-corrected chi connectivity index (χ3v) is 1.69. The van der Waals surface area contributed by atoms with Crippen LogP contribution in [0.5, 0.6) is 0 Å². The summed E-state index contributed by atoms with van der Waals surface area (Å²) < 4.78 is 0. The maximum absolute atomic E-state index is 9.94. The fourth-order valence-electron chi connectivity index (χ4n) is 0.909. The monoisotopic (exact) mass is 228 g/mol. The zero-order chi connectivity index (χ0) is 12.8. The van der Waals surface area contributed by atoms with Crippen LogP contribution in [-0.2, 0) is 4.79 Å². The Morgan fingerprint density at radius 3 is 1.29 bits per heavy atom. The molecule has 0 aliphatic heterocycles. The predicted octanol–water partition coefficient (Wildman–Crippen LogP) is 4.18. The topological polar surface area (TPSA) is 17.1 Å². The summed E-state index contributed by atoms with van der Waals surface area (Å²) in [5.41, 5.74) is 0. The number of aldehydes is 1. The first kappa shape index (κ1) is 15.1. The number of carbonyl (C=O) groups is 1. The average molecular weight is 228 g/mol. The molecule has 0 bridgehead atoms. The number of rotatable bonds is 7. The van der Waals surface area contributed by atoms with E-state index in [-0.39, 0.29) is 0 Å². The van der Waals surface area contributed by atoms with Gasteiger partial charge in [-0.1, -0.05) is 80.7 Å². The molecule has 0 atom stereocenters. The van der Waals surface area contributed by atoms with E-state index in [0.29, 0.717) is 5.92 Å². The molecular formula is C16H20O. The van der Waals surface area contributed by atoms with E-state index < -0.39 is 0 Å². The first-order chi connectivity index (χ1) is 8.27. The van der Waals surface area contributed by atoms with Crippen LogP contribution in [0.3, 0.4) is 0 Å². The molecule has 0 N–H and O–H groups in total. The van der Waals surface area contributed by atoms with Gasteiger partial charge in [0.2, 0.25) is 0 Å². The van der Waals surface area contributed by atoms with E-state index in [2.05, 4.69) is 19.9 Å². The smallest absolute Gasteiger partial charge is 0.142 e. The van der Waals surface area contributed by atoms with Gasteiger partial charge < -0.3 is 0 Å². The fraction of sp³-hybridized carbons (Fsp3) is 0.188. The molecule has 0 aliphatic carbocycles. The minimum atomic E-state index is 0.591. The molecule has 0 rings (SSSR count). The summed E-state index contributed by atoms with van der Waals surface area (Å²) in [7, 11) is 0. The number of hydrogen-bond acceptors (Lipinski definition) is 1. The SMILES string of the molecule is CC(C)/C=C/C=C/C=C/C=C/C=C/C=C/C=O. The highest BCUT2D eigenvalue weighted by atomic mass is 16.1. The summed E-state index contributed by atoms with van der Waals surface area (Å²) >= 11 is 0. The van der Waals surface area contributed by atoms with E-state index >= 15 is 0 Å². The zero-order valence-electron chi connectivity index (χ0n) is 10.5. The van der Waals surface area contributed by atoms with Crippen LogP contribution in [-0.4, -0.2) is 6.29 Å². The van der Waals surface area contributed by atoms with Gasteiger partial charge in [-0.3, -0.25) is 4.79 Å². The molecule has 0 radical (unpaired) electrons. The van der Waals surface area contributed by atoms with Gasteiger partial charge in [0, 0.05) is 0 Å². The maximum Gasteiger partial charge on any atom is 0.142 e. The molecule has 17 heavy (non-hydrogen) atoms. The van der Waals surface area contributed by atoms with Crippen LogP contribution >= 0.6 is 0 Å². The zero-order valence-corrected chi connectivity index (χ0v) is 10.5. The van der Waals surface area contributed by atoms with Crippen LogP contribution in [0.1, 0.15) is 13.8 Å². The lowest BCUT2D eigenvalue weighted by Crippen LogP contribution is -1.74. The van der Waals surface area contributed by atoms with E-state index in [9.17, 15) is 4.79 Å². The van der Waals surface area contributed by atoms with Crippen molar-refractivity contribution in [1.82, 2.24) is 0 Å². The third-order valence-electron chi connectivity index (χ3n) is 1.69. The predicted molar refractivity (Wildman–Crippen MR) is 75.7 cm³/mol. The van der Waals surface area contributed by atoms with Crippen molar-refractivity contribution in [2.75, 3.05) is 0 Å². The van der Waals surface area contributed by atoms with E-state index in [1.165, 1.54) is 6.08 Å². The van der Waals surface area contributed by atoms with Gasteiger partial charge >= 0.3 is 0 Å². The van der Waals surface area contributed by atoms with E-state index in [4.69, 9.17) is 0 Å². The molecule has 0 saturated heterocycles. The second kappa shape index (κ2) is 12.2. The molecule has 0 aromatic rings. The van der Waals surface area contributed by atoms with Gasteiger partial charge in [0.05, 0.1) is 0 Å². The quantitative estimate of drug-likeness (QED) is 0.363. The van der Waals surface area contributed by atoms with E-state index in [0.717, 1.165) is 6.29 Å². The summed E-state index contributed by atoms with van der Waals surface area (Å²) in [4.78, 5) is 9.94. The Bertz CT molecular complexity index is 350. The Hall–Kier alpha value is -1.89. The molecule has 0 aromatic carbocycles. The molecule has 0 saturated carbocycles. The summed E-state index contributed by atoms with van der Waals surface area (Å²) in [6.45, 7) is 4.29. The van der Waals surface area contributed by atoms with Gasteiger partial charge in [0.15, 0.2) is 0 Å². The number of allylic oxidation sites excluding steroid dienone is 12. The largest absolute Gasteiger partial charge is 0.299 e. The van der Waals surface area contributed by atoms with Gasteiger partial charge in [0.1, 0.15) is 6.29 Å². The van der Waals surface area contributed by atoms with Crippen molar-refractivity contribution in [3.8, 4) is 0 Å². The van der Waals surface area contributed by atoms with Crippen molar-refractivity contribution >= 4 is 6.29 Å². The summed E-state index contributed by atoms with van der Waals surface area (Å²) in [6, 6.07) is 0. The molecule has 0 fully saturated rings. The molecule has 0 unspecified atom stereocenters. The normalized spacial score (nSPS) is 13.8. The van der Waals surface area contributed by atoms with Crippen molar-refractivity contribution in [2.45, 2.75) is 13.8 Å². The number of hydrogen-bond donors (Lipinski definition) is 0. The number of carbonyl (C=O) groups excluding carboxylic acids is 1. The molecule has 1 nitrogen and oxygen atoms in total. The van der Waals surface area contributed by atoms with Crippen LogP contribution in [0.2, 0.25) is 0 Å². The molecule has 0 aliphatic rings. The average Bonchev–Trinajstić information content (AvgIpc) is 2.30. The van der Waals surface area contributed by atoms with Crippen molar-refractivity contribution in [3.05, 3.63) is 72.9 Å². The van der Waals surface area contributed by atoms with Crippen molar-refractivity contribution in [3.63, 3.8) is 0 Å². The molecular weight excluding hydrogens is 208 g/mol. The molecule has 0 amide bonds. The van der Waals surface area contributed by atoms with Gasteiger partial charge in [-0.05, 0) is 12.0 Å². The second-order valence-corrected chi connectivity index (χ2v) is 3.69. The Balaban J connectivity index is 3.80. The van der Waals surface area contributed by atoms with E-state index in [1.807, 2.05) is 48.6 Å².